The van der Waals surface area contributed by atoms with Crippen LogP contribution in [0.3, 0.4) is 0 Å². The second-order valence-corrected chi connectivity index (χ2v) is 6.25. The fourth-order valence-electron chi connectivity index (χ4n) is 2.90. The lowest BCUT2D eigenvalue weighted by Gasteiger charge is -2.19. The summed E-state index contributed by atoms with van der Waals surface area (Å²) < 4.78 is 34.7. The topological polar surface area (TPSA) is 49.9 Å². The van der Waals surface area contributed by atoms with E-state index in [0.717, 1.165) is 17.9 Å². The molecule has 0 saturated carbocycles. The number of ether oxygens (including phenoxy) is 1. The summed E-state index contributed by atoms with van der Waals surface area (Å²) in [5.74, 6) is -0.494. The SMILES string of the molecule is CCc1ncc(CNC(CC)c2ccc(F)c(Oc3ccccc3)c2F)[nH]1. The summed E-state index contributed by atoms with van der Waals surface area (Å²) in [6.07, 6.45) is 3.23. The molecule has 6 heteroatoms. The zero-order valence-electron chi connectivity index (χ0n) is 15.4. The summed E-state index contributed by atoms with van der Waals surface area (Å²) in [5, 5.41) is 3.30. The van der Waals surface area contributed by atoms with E-state index in [2.05, 4.69) is 15.3 Å². The maximum Gasteiger partial charge on any atom is 0.198 e. The summed E-state index contributed by atoms with van der Waals surface area (Å²) >= 11 is 0. The number of hydrogen-bond acceptors (Lipinski definition) is 3. The summed E-state index contributed by atoms with van der Waals surface area (Å²) in [6.45, 7) is 4.48. The van der Waals surface area contributed by atoms with Gasteiger partial charge in [-0.05, 0) is 24.6 Å². The van der Waals surface area contributed by atoms with Gasteiger partial charge in [-0.1, -0.05) is 38.1 Å². The molecule has 0 fully saturated rings. The standard InChI is InChI=1S/C21H23F2N3O/c1-3-18(24-12-14-13-25-19(4-2)26-14)16-10-11-17(22)21(20(16)23)27-15-8-6-5-7-9-15/h5-11,13,18,24H,3-4,12H2,1-2H3,(H,25,26). The first-order valence-electron chi connectivity index (χ1n) is 9.09. The summed E-state index contributed by atoms with van der Waals surface area (Å²) in [5.41, 5.74) is 1.30. The van der Waals surface area contributed by atoms with E-state index in [4.69, 9.17) is 4.74 Å². The highest BCUT2D eigenvalue weighted by molar-refractivity contribution is 5.38. The smallest absolute Gasteiger partial charge is 0.198 e. The molecule has 0 aliphatic heterocycles. The number of nitrogens with zero attached hydrogens (tertiary/aromatic N) is 1. The Hall–Kier alpha value is -2.73. The van der Waals surface area contributed by atoms with Gasteiger partial charge in [-0.3, -0.25) is 0 Å². The number of para-hydroxylation sites is 1. The molecule has 142 valence electrons. The second kappa shape index (κ2) is 8.77. The number of imidazole rings is 1. The van der Waals surface area contributed by atoms with Gasteiger partial charge in [0.1, 0.15) is 11.6 Å². The largest absolute Gasteiger partial charge is 0.451 e. The van der Waals surface area contributed by atoms with Gasteiger partial charge in [0.25, 0.3) is 0 Å². The van der Waals surface area contributed by atoms with Gasteiger partial charge in [-0.25, -0.2) is 13.8 Å². The molecular formula is C21H23F2N3O. The van der Waals surface area contributed by atoms with Crippen molar-refractivity contribution < 1.29 is 13.5 Å². The third-order valence-electron chi connectivity index (χ3n) is 4.38. The molecule has 4 nitrogen and oxygen atoms in total. The number of aromatic amines is 1. The summed E-state index contributed by atoms with van der Waals surface area (Å²) in [6, 6.07) is 11.1. The van der Waals surface area contributed by atoms with Crippen molar-refractivity contribution in [2.24, 2.45) is 0 Å². The van der Waals surface area contributed by atoms with Crippen LogP contribution in [-0.2, 0) is 13.0 Å². The van der Waals surface area contributed by atoms with E-state index in [1.165, 1.54) is 12.1 Å². The Morgan fingerprint density at radius 3 is 2.56 bits per heavy atom. The molecule has 0 aliphatic carbocycles. The molecule has 1 atom stereocenters. The number of aromatic nitrogens is 2. The minimum atomic E-state index is -0.726. The van der Waals surface area contributed by atoms with Crippen LogP contribution in [0.2, 0.25) is 0 Å². The number of hydrogen-bond donors (Lipinski definition) is 2. The number of nitrogens with one attached hydrogen (secondary N) is 2. The van der Waals surface area contributed by atoms with E-state index >= 15 is 4.39 Å². The van der Waals surface area contributed by atoms with E-state index in [0.29, 0.717) is 24.3 Å². The molecule has 1 unspecified atom stereocenters. The van der Waals surface area contributed by atoms with Gasteiger partial charge in [-0.15, -0.1) is 0 Å². The first-order chi connectivity index (χ1) is 13.1. The van der Waals surface area contributed by atoms with Gasteiger partial charge in [0.05, 0.1) is 0 Å². The number of rotatable bonds is 8. The molecule has 1 heterocycles. The van der Waals surface area contributed by atoms with Crippen LogP contribution in [0.25, 0.3) is 0 Å². The van der Waals surface area contributed by atoms with E-state index in [1.54, 1.807) is 30.5 Å². The number of aryl methyl sites for hydroxylation is 1. The van der Waals surface area contributed by atoms with Gasteiger partial charge in [0.15, 0.2) is 17.4 Å². The van der Waals surface area contributed by atoms with Crippen molar-refractivity contribution in [2.75, 3.05) is 0 Å². The van der Waals surface area contributed by atoms with Gasteiger partial charge in [0.2, 0.25) is 0 Å². The Balaban J connectivity index is 1.80. The lowest BCUT2D eigenvalue weighted by molar-refractivity contribution is 0.394. The van der Waals surface area contributed by atoms with Crippen molar-refractivity contribution in [1.29, 1.82) is 0 Å². The van der Waals surface area contributed by atoms with Crippen molar-refractivity contribution >= 4 is 0 Å². The van der Waals surface area contributed by atoms with E-state index in [9.17, 15) is 4.39 Å². The first-order valence-corrected chi connectivity index (χ1v) is 9.09. The Morgan fingerprint density at radius 2 is 1.89 bits per heavy atom. The van der Waals surface area contributed by atoms with Crippen LogP contribution >= 0.6 is 0 Å². The molecule has 2 aromatic carbocycles. The molecule has 0 saturated heterocycles. The van der Waals surface area contributed by atoms with E-state index in [-0.39, 0.29) is 11.8 Å². The Morgan fingerprint density at radius 1 is 1.11 bits per heavy atom. The predicted molar refractivity (Wildman–Crippen MR) is 101 cm³/mol. The molecule has 1 aromatic heterocycles. The minimum Gasteiger partial charge on any atom is -0.451 e. The van der Waals surface area contributed by atoms with Crippen molar-refractivity contribution in [3.05, 3.63) is 77.4 Å². The Bertz CT molecular complexity index is 880. The monoisotopic (exact) mass is 371 g/mol. The van der Waals surface area contributed by atoms with Crippen molar-refractivity contribution in [1.82, 2.24) is 15.3 Å². The quantitative estimate of drug-likeness (QED) is 0.566. The van der Waals surface area contributed by atoms with Crippen LogP contribution in [0.5, 0.6) is 11.5 Å². The summed E-state index contributed by atoms with van der Waals surface area (Å²) in [7, 11) is 0. The zero-order valence-corrected chi connectivity index (χ0v) is 15.4. The fraction of sp³-hybridized carbons (Fsp3) is 0.286. The lowest BCUT2D eigenvalue weighted by atomic mass is 10.0. The van der Waals surface area contributed by atoms with E-state index in [1.807, 2.05) is 19.9 Å². The van der Waals surface area contributed by atoms with Crippen molar-refractivity contribution in [2.45, 2.75) is 39.3 Å². The van der Waals surface area contributed by atoms with Crippen LogP contribution in [0.1, 0.15) is 43.4 Å². The van der Waals surface area contributed by atoms with Gasteiger partial charge in [-0.2, -0.15) is 0 Å². The average molecular weight is 371 g/mol. The molecule has 0 radical (unpaired) electrons. The molecule has 27 heavy (non-hydrogen) atoms. The average Bonchev–Trinajstić information content (AvgIpc) is 3.16. The molecule has 0 amide bonds. The van der Waals surface area contributed by atoms with Crippen LogP contribution in [-0.4, -0.2) is 9.97 Å². The third kappa shape index (κ3) is 4.52. The first kappa shape index (κ1) is 19.0. The van der Waals surface area contributed by atoms with Gasteiger partial charge >= 0.3 is 0 Å². The van der Waals surface area contributed by atoms with Crippen LogP contribution < -0.4 is 10.1 Å². The van der Waals surface area contributed by atoms with E-state index < -0.39 is 11.6 Å². The highest BCUT2D eigenvalue weighted by Crippen LogP contribution is 2.33. The number of benzene rings is 2. The van der Waals surface area contributed by atoms with Gasteiger partial charge in [0, 0.05) is 36.5 Å². The zero-order chi connectivity index (χ0) is 19.2. The lowest BCUT2D eigenvalue weighted by Crippen LogP contribution is -2.22. The second-order valence-electron chi connectivity index (χ2n) is 6.25. The Labute approximate surface area is 157 Å². The molecule has 0 bridgehead atoms. The molecule has 3 rings (SSSR count). The van der Waals surface area contributed by atoms with Crippen LogP contribution in [0, 0.1) is 11.6 Å². The molecule has 0 spiro atoms. The molecule has 2 N–H and O–H groups in total. The third-order valence-corrected chi connectivity index (χ3v) is 4.38. The number of halogens is 2. The highest BCUT2D eigenvalue weighted by Gasteiger charge is 2.21. The predicted octanol–water partition coefficient (Wildman–Crippen LogP) is 5.28. The fourth-order valence-corrected chi connectivity index (χ4v) is 2.90. The Kier molecular flexibility index (Phi) is 6.19. The molecule has 3 aromatic rings. The minimum absolute atomic E-state index is 0.280. The van der Waals surface area contributed by atoms with Crippen molar-refractivity contribution in [3.8, 4) is 11.5 Å². The molecular weight excluding hydrogens is 348 g/mol. The highest BCUT2D eigenvalue weighted by atomic mass is 19.1. The van der Waals surface area contributed by atoms with Gasteiger partial charge < -0.3 is 15.0 Å². The maximum absolute atomic E-state index is 15.0. The normalized spacial score (nSPS) is 12.1. The van der Waals surface area contributed by atoms with Crippen LogP contribution in [0.15, 0.2) is 48.7 Å². The van der Waals surface area contributed by atoms with Crippen LogP contribution in [0.4, 0.5) is 8.78 Å². The molecule has 0 aliphatic rings. The maximum atomic E-state index is 15.0. The number of H-pyrrole nitrogens is 1. The summed E-state index contributed by atoms with van der Waals surface area (Å²) in [4.78, 5) is 7.47. The van der Waals surface area contributed by atoms with Crippen molar-refractivity contribution in [3.63, 3.8) is 0 Å².